The molecule has 0 N–H and O–H groups in total. The van der Waals surface area contributed by atoms with E-state index in [9.17, 15) is 9.59 Å². The molecular weight excluding hydrogens is 432 g/mol. The number of aromatic nitrogens is 5. The molecule has 11 heteroatoms. The van der Waals surface area contributed by atoms with Gasteiger partial charge in [-0.25, -0.2) is 14.8 Å². The number of nitrogens with zero attached hydrogens (tertiary/aromatic N) is 6. The zero-order chi connectivity index (χ0) is 22.2. The molecule has 1 aliphatic rings. The highest BCUT2D eigenvalue weighted by atomic mass is 32.1. The van der Waals surface area contributed by atoms with Crippen molar-refractivity contribution >= 4 is 27.8 Å². The average Bonchev–Trinajstić information content (AvgIpc) is 3.54. The maximum atomic E-state index is 12.9. The number of thiazole rings is 1. The van der Waals surface area contributed by atoms with E-state index in [1.807, 2.05) is 30.3 Å². The van der Waals surface area contributed by atoms with Crippen LogP contribution in [0.3, 0.4) is 0 Å². The molecule has 0 spiro atoms. The van der Waals surface area contributed by atoms with E-state index in [4.69, 9.17) is 9.15 Å². The SMILES string of the molecule is Cc1nnc(-c2nc3sc([C@H]4CCCN4C(=O)OCc4ccccc4)nc3c(=O)n2C)o1. The van der Waals surface area contributed by atoms with Crippen molar-refractivity contribution in [3.05, 3.63) is 57.1 Å². The van der Waals surface area contributed by atoms with Crippen LogP contribution in [0.25, 0.3) is 22.1 Å². The fourth-order valence-corrected chi connectivity index (χ4v) is 4.81. The Hall–Kier alpha value is -3.60. The third-order valence-electron chi connectivity index (χ3n) is 5.35. The van der Waals surface area contributed by atoms with Crippen molar-refractivity contribution in [3.63, 3.8) is 0 Å². The van der Waals surface area contributed by atoms with Crippen molar-refractivity contribution in [2.45, 2.75) is 32.4 Å². The van der Waals surface area contributed by atoms with Gasteiger partial charge in [-0.1, -0.05) is 41.7 Å². The Morgan fingerprint density at radius 3 is 2.81 bits per heavy atom. The first-order valence-electron chi connectivity index (χ1n) is 10.2. The molecule has 4 aromatic rings. The maximum Gasteiger partial charge on any atom is 0.410 e. The molecule has 5 rings (SSSR count). The van der Waals surface area contributed by atoms with E-state index in [-0.39, 0.29) is 35.4 Å². The standard InChI is InChI=1S/C21H20N6O4S/c1-12-24-25-17(31-12)16-23-19-15(20(28)26(16)2)22-18(32-19)14-9-6-10-27(14)21(29)30-11-13-7-4-3-5-8-13/h3-5,7-8,14H,6,9-11H2,1-2H3/t14-/m1/s1. The zero-order valence-corrected chi connectivity index (χ0v) is 18.3. The van der Waals surface area contributed by atoms with Crippen molar-refractivity contribution < 1.29 is 13.9 Å². The van der Waals surface area contributed by atoms with Gasteiger partial charge in [-0.2, -0.15) is 0 Å². The van der Waals surface area contributed by atoms with Gasteiger partial charge in [-0.15, -0.1) is 10.2 Å². The molecular formula is C21H20N6O4S. The van der Waals surface area contributed by atoms with Gasteiger partial charge in [0.15, 0.2) is 10.3 Å². The van der Waals surface area contributed by atoms with E-state index in [0.29, 0.717) is 22.3 Å². The molecule has 0 aliphatic carbocycles. The summed E-state index contributed by atoms with van der Waals surface area (Å²) in [5.41, 5.74) is 0.879. The Labute approximate surface area is 186 Å². The number of benzene rings is 1. The predicted molar refractivity (Wildman–Crippen MR) is 116 cm³/mol. The van der Waals surface area contributed by atoms with E-state index >= 15 is 0 Å². The number of aryl methyl sites for hydroxylation is 1. The summed E-state index contributed by atoms with van der Waals surface area (Å²) in [6.07, 6.45) is 1.19. The summed E-state index contributed by atoms with van der Waals surface area (Å²) in [6.45, 7) is 2.45. The van der Waals surface area contributed by atoms with Gasteiger partial charge in [0.1, 0.15) is 11.6 Å². The second-order valence-corrected chi connectivity index (χ2v) is 8.53. The number of hydrogen-bond acceptors (Lipinski definition) is 9. The summed E-state index contributed by atoms with van der Waals surface area (Å²) in [5, 5.41) is 8.44. The van der Waals surface area contributed by atoms with Crippen LogP contribution in [0, 0.1) is 6.92 Å². The largest absolute Gasteiger partial charge is 0.445 e. The number of likely N-dealkylation sites (tertiary alicyclic amines) is 1. The summed E-state index contributed by atoms with van der Waals surface area (Å²) in [7, 11) is 1.59. The summed E-state index contributed by atoms with van der Waals surface area (Å²) in [6, 6.07) is 9.29. The van der Waals surface area contributed by atoms with Gasteiger partial charge in [-0.05, 0) is 18.4 Å². The number of carbonyl (C=O) groups excluding carboxylic acids is 1. The lowest BCUT2D eigenvalue weighted by Gasteiger charge is -2.22. The molecule has 0 radical (unpaired) electrons. The van der Waals surface area contributed by atoms with Gasteiger partial charge in [0, 0.05) is 20.5 Å². The second-order valence-electron chi connectivity index (χ2n) is 7.52. The van der Waals surface area contributed by atoms with Crippen LogP contribution in [0.2, 0.25) is 0 Å². The molecule has 10 nitrogen and oxygen atoms in total. The maximum absolute atomic E-state index is 12.9. The molecule has 1 saturated heterocycles. The molecule has 1 aromatic carbocycles. The van der Waals surface area contributed by atoms with Gasteiger partial charge in [0.2, 0.25) is 11.7 Å². The fraction of sp³-hybridized carbons (Fsp3) is 0.333. The highest BCUT2D eigenvalue weighted by Crippen LogP contribution is 2.36. The Kier molecular flexibility index (Phi) is 5.17. The first-order chi connectivity index (χ1) is 15.5. The molecule has 1 amide bonds. The van der Waals surface area contributed by atoms with Crippen LogP contribution in [0.4, 0.5) is 4.79 Å². The molecule has 3 aromatic heterocycles. The number of fused-ring (bicyclic) bond motifs is 1. The molecule has 0 unspecified atom stereocenters. The molecule has 4 heterocycles. The molecule has 32 heavy (non-hydrogen) atoms. The van der Waals surface area contributed by atoms with E-state index in [1.54, 1.807) is 18.9 Å². The molecule has 0 bridgehead atoms. The molecule has 1 atom stereocenters. The van der Waals surface area contributed by atoms with Crippen molar-refractivity contribution in [2.75, 3.05) is 6.54 Å². The van der Waals surface area contributed by atoms with Gasteiger partial charge in [0.25, 0.3) is 11.4 Å². The summed E-state index contributed by atoms with van der Waals surface area (Å²) in [5.74, 6) is 0.838. The van der Waals surface area contributed by atoms with Crippen LogP contribution in [0.15, 0.2) is 39.5 Å². The minimum absolute atomic E-state index is 0.172. The summed E-state index contributed by atoms with van der Waals surface area (Å²) < 4.78 is 12.3. The molecule has 1 fully saturated rings. The number of hydrogen-bond donors (Lipinski definition) is 0. The summed E-state index contributed by atoms with van der Waals surface area (Å²) >= 11 is 1.29. The van der Waals surface area contributed by atoms with E-state index in [1.165, 1.54) is 15.9 Å². The lowest BCUT2D eigenvalue weighted by atomic mass is 10.2. The van der Waals surface area contributed by atoms with Crippen LogP contribution in [0.1, 0.15) is 35.3 Å². The topological polar surface area (TPSA) is 116 Å². The van der Waals surface area contributed by atoms with Crippen molar-refractivity contribution in [1.82, 2.24) is 29.6 Å². The van der Waals surface area contributed by atoms with Crippen molar-refractivity contribution in [1.29, 1.82) is 0 Å². The second kappa shape index (κ2) is 8.15. The monoisotopic (exact) mass is 452 g/mol. The first-order valence-corrected chi connectivity index (χ1v) is 11.0. The number of carbonyl (C=O) groups is 1. The van der Waals surface area contributed by atoms with Gasteiger partial charge in [0.05, 0.1) is 6.04 Å². The van der Waals surface area contributed by atoms with Crippen LogP contribution >= 0.6 is 11.3 Å². The minimum atomic E-state index is -0.390. The van der Waals surface area contributed by atoms with E-state index < -0.39 is 6.09 Å². The smallest absolute Gasteiger partial charge is 0.410 e. The Morgan fingerprint density at radius 1 is 1.25 bits per heavy atom. The minimum Gasteiger partial charge on any atom is -0.445 e. The Bertz CT molecular complexity index is 1350. The van der Waals surface area contributed by atoms with Crippen LogP contribution in [-0.2, 0) is 18.4 Å². The van der Waals surface area contributed by atoms with Gasteiger partial charge >= 0.3 is 6.09 Å². The van der Waals surface area contributed by atoms with Crippen LogP contribution < -0.4 is 5.56 Å². The summed E-state index contributed by atoms with van der Waals surface area (Å²) in [4.78, 5) is 36.9. The van der Waals surface area contributed by atoms with Crippen molar-refractivity contribution in [3.8, 4) is 11.7 Å². The molecule has 1 aliphatic heterocycles. The van der Waals surface area contributed by atoms with E-state index in [2.05, 4.69) is 20.2 Å². The number of amides is 1. The zero-order valence-electron chi connectivity index (χ0n) is 17.5. The first kappa shape index (κ1) is 20.3. The van der Waals surface area contributed by atoms with Gasteiger partial charge in [-0.3, -0.25) is 14.3 Å². The normalized spacial score (nSPS) is 16.1. The third kappa shape index (κ3) is 3.64. The Balaban J connectivity index is 1.42. The highest BCUT2D eigenvalue weighted by molar-refractivity contribution is 7.18. The molecule has 0 saturated carbocycles. The van der Waals surface area contributed by atoms with Crippen LogP contribution in [0.5, 0.6) is 0 Å². The highest BCUT2D eigenvalue weighted by Gasteiger charge is 2.34. The van der Waals surface area contributed by atoms with E-state index in [0.717, 1.165) is 18.4 Å². The quantitative estimate of drug-likeness (QED) is 0.463. The molecule has 164 valence electrons. The lowest BCUT2D eigenvalue weighted by Crippen LogP contribution is -2.31. The number of ether oxygens (including phenoxy) is 1. The fourth-order valence-electron chi connectivity index (χ4n) is 3.73. The van der Waals surface area contributed by atoms with Crippen LogP contribution in [-0.4, -0.2) is 42.3 Å². The lowest BCUT2D eigenvalue weighted by molar-refractivity contribution is 0.0920. The average molecular weight is 452 g/mol. The van der Waals surface area contributed by atoms with Gasteiger partial charge < -0.3 is 9.15 Å². The van der Waals surface area contributed by atoms with Crippen molar-refractivity contribution in [2.24, 2.45) is 7.05 Å². The third-order valence-corrected chi connectivity index (χ3v) is 6.40. The predicted octanol–water partition coefficient (Wildman–Crippen LogP) is 3.22. The Morgan fingerprint density at radius 2 is 2.06 bits per heavy atom. The number of rotatable bonds is 4.